The van der Waals surface area contributed by atoms with Crippen LogP contribution in [-0.2, 0) is 6.54 Å². The second-order valence-electron chi connectivity index (χ2n) is 5.32. The normalized spacial score (nSPS) is 10.7. The van der Waals surface area contributed by atoms with Crippen molar-refractivity contribution in [3.8, 4) is 5.75 Å². The van der Waals surface area contributed by atoms with E-state index in [4.69, 9.17) is 4.74 Å². The van der Waals surface area contributed by atoms with Crippen LogP contribution in [0.5, 0.6) is 5.75 Å². The Morgan fingerprint density at radius 1 is 1.22 bits per heavy atom. The van der Waals surface area contributed by atoms with Crippen LogP contribution in [0, 0.1) is 6.92 Å². The molecule has 2 aromatic carbocycles. The molecular formula is C18H16N2O3. The Bertz CT molecular complexity index is 944. The summed E-state index contributed by atoms with van der Waals surface area (Å²) in [6.45, 7) is 1.83. The van der Waals surface area contributed by atoms with Crippen LogP contribution < -0.4 is 10.3 Å². The minimum absolute atomic E-state index is 0.0729. The summed E-state index contributed by atoms with van der Waals surface area (Å²) in [5, 5.41) is 0.499. The lowest BCUT2D eigenvalue weighted by molar-refractivity contribution is 0.0967. The van der Waals surface area contributed by atoms with Crippen LogP contribution in [0.1, 0.15) is 15.9 Å². The summed E-state index contributed by atoms with van der Waals surface area (Å²) in [4.78, 5) is 29.3. The summed E-state index contributed by atoms with van der Waals surface area (Å²) < 4.78 is 6.56. The van der Waals surface area contributed by atoms with Gasteiger partial charge in [0, 0.05) is 0 Å². The minimum Gasteiger partial charge on any atom is -0.496 e. The number of rotatable bonds is 4. The van der Waals surface area contributed by atoms with Gasteiger partial charge in [-0.25, -0.2) is 4.98 Å². The molecular weight excluding hydrogens is 292 g/mol. The summed E-state index contributed by atoms with van der Waals surface area (Å²) in [6.07, 6.45) is 1.41. The third-order valence-corrected chi connectivity index (χ3v) is 3.70. The lowest BCUT2D eigenvalue weighted by Crippen LogP contribution is -2.25. The second kappa shape index (κ2) is 6.04. The molecule has 23 heavy (non-hydrogen) atoms. The number of hydrogen-bond acceptors (Lipinski definition) is 4. The fourth-order valence-corrected chi connectivity index (χ4v) is 2.50. The van der Waals surface area contributed by atoms with E-state index in [1.54, 1.807) is 30.3 Å². The monoisotopic (exact) mass is 308 g/mol. The van der Waals surface area contributed by atoms with Gasteiger partial charge in [-0.15, -0.1) is 0 Å². The van der Waals surface area contributed by atoms with Crippen molar-refractivity contribution in [1.82, 2.24) is 9.55 Å². The van der Waals surface area contributed by atoms with Crippen molar-refractivity contribution in [2.24, 2.45) is 0 Å². The SMILES string of the molecule is COc1ccc(C)cc1C(=O)Cn1cnc2ccccc2c1=O. The lowest BCUT2D eigenvalue weighted by atomic mass is 10.1. The van der Waals surface area contributed by atoms with E-state index in [0.717, 1.165) is 5.56 Å². The molecule has 0 aliphatic heterocycles. The van der Waals surface area contributed by atoms with E-state index in [1.165, 1.54) is 18.0 Å². The van der Waals surface area contributed by atoms with Gasteiger partial charge in [0.25, 0.3) is 5.56 Å². The van der Waals surface area contributed by atoms with Crippen molar-refractivity contribution in [1.29, 1.82) is 0 Å². The van der Waals surface area contributed by atoms with Gasteiger partial charge in [0.15, 0.2) is 5.78 Å². The zero-order chi connectivity index (χ0) is 16.4. The van der Waals surface area contributed by atoms with Crippen molar-refractivity contribution in [3.05, 3.63) is 70.3 Å². The maximum Gasteiger partial charge on any atom is 0.261 e. The van der Waals surface area contributed by atoms with E-state index >= 15 is 0 Å². The molecule has 0 unspecified atom stereocenters. The van der Waals surface area contributed by atoms with Crippen LogP contribution in [0.3, 0.4) is 0 Å². The quantitative estimate of drug-likeness (QED) is 0.695. The van der Waals surface area contributed by atoms with Gasteiger partial charge in [0.05, 0.1) is 36.4 Å². The average molecular weight is 308 g/mol. The highest BCUT2D eigenvalue weighted by Gasteiger charge is 2.14. The van der Waals surface area contributed by atoms with Crippen LogP contribution in [0.2, 0.25) is 0 Å². The molecule has 0 fully saturated rings. The zero-order valence-electron chi connectivity index (χ0n) is 12.9. The Hall–Kier alpha value is -2.95. The van der Waals surface area contributed by atoms with Gasteiger partial charge in [-0.3, -0.25) is 14.2 Å². The molecule has 0 aliphatic rings. The molecule has 0 aliphatic carbocycles. The number of carbonyl (C=O) groups is 1. The fourth-order valence-electron chi connectivity index (χ4n) is 2.50. The second-order valence-corrected chi connectivity index (χ2v) is 5.32. The molecule has 3 rings (SSSR count). The largest absolute Gasteiger partial charge is 0.496 e. The molecule has 0 radical (unpaired) electrons. The highest BCUT2D eigenvalue weighted by Crippen LogP contribution is 2.20. The predicted octanol–water partition coefficient (Wildman–Crippen LogP) is 2.60. The van der Waals surface area contributed by atoms with Gasteiger partial charge in [0.1, 0.15) is 5.75 Å². The minimum atomic E-state index is -0.226. The molecule has 1 aromatic heterocycles. The molecule has 0 amide bonds. The van der Waals surface area contributed by atoms with Crippen LogP contribution in [0.4, 0.5) is 0 Å². The van der Waals surface area contributed by atoms with Gasteiger partial charge in [-0.05, 0) is 31.2 Å². The number of aromatic nitrogens is 2. The smallest absolute Gasteiger partial charge is 0.261 e. The van der Waals surface area contributed by atoms with Gasteiger partial charge in [-0.2, -0.15) is 0 Å². The Balaban J connectivity index is 1.99. The van der Waals surface area contributed by atoms with Gasteiger partial charge >= 0.3 is 0 Å². The average Bonchev–Trinajstić information content (AvgIpc) is 2.57. The maximum absolute atomic E-state index is 12.6. The van der Waals surface area contributed by atoms with Gasteiger partial charge in [-0.1, -0.05) is 23.8 Å². The third kappa shape index (κ3) is 2.85. The number of methoxy groups -OCH3 is 1. The Morgan fingerprint density at radius 2 is 2.00 bits per heavy atom. The van der Waals surface area contributed by atoms with Gasteiger partial charge in [0.2, 0.25) is 0 Å². The third-order valence-electron chi connectivity index (χ3n) is 3.70. The summed E-state index contributed by atoms with van der Waals surface area (Å²) in [7, 11) is 1.52. The first-order valence-electron chi connectivity index (χ1n) is 7.22. The number of hydrogen-bond donors (Lipinski definition) is 0. The summed E-state index contributed by atoms with van der Waals surface area (Å²) >= 11 is 0. The first-order valence-corrected chi connectivity index (χ1v) is 7.22. The number of carbonyl (C=O) groups excluding carboxylic acids is 1. The molecule has 0 atom stereocenters. The lowest BCUT2D eigenvalue weighted by Gasteiger charge is -2.10. The standard InChI is InChI=1S/C18H16N2O3/c1-12-7-8-17(23-2)14(9-12)16(21)10-20-11-19-15-6-4-3-5-13(15)18(20)22/h3-9,11H,10H2,1-2H3. The van der Waals surface area contributed by atoms with Gasteiger partial charge < -0.3 is 4.74 Å². The van der Waals surface area contributed by atoms with Crippen LogP contribution in [0.15, 0.2) is 53.6 Å². The molecule has 0 bridgehead atoms. The zero-order valence-corrected chi connectivity index (χ0v) is 12.9. The highest BCUT2D eigenvalue weighted by atomic mass is 16.5. The number of para-hydroxylation sites is 1. The van der Waals surface area contributed by atoms with Crippen LogP contribution in [-0.4, -0.2) is 22.4 Å². The van der Waals surface area contributed by atoms with E-state index in [9.17, 15) is 9.59 Å². The molecule has 1 heterocycles. The van der Waals surface area contributed by atoms with Crippen molar-refractivity contribution in [2.75, 3.05) is 7.11 Å². The van der Waals surface area contributed by atoms with E-state index in [2.05, 4.69) is 4.98 Å². The molecule has 0 saturated heterocycles. The maximum atomic E-state index is 12.6. The van der Waals surface area contributed by atoms with Crippen molar-refractivity contribution in [3.63, 3.8) is 0 Å². The number of benzene rings is 2. The topological polar surface area (TPSA) is 61.2 Å². The Kier molecular flexibility index (Phi) is 3.93. The number of fused-ring (bicyclic) bond motifs is 1. The number of Topliss-reactive ketones (excluding diaryl/α,β-unsaturated/α-hetero) is 1. The molecule has 0 spiro atoms. The van der Waals surface area contributed by atoms with Crippen LogP contribution in [0.25, 0.3) is 10.9 Å². The summed E-state index contributed by atoms with van der Waals surface area (Å²) in [6, 6.07) is 12.5. The number of aryl methyl sites for hydroxylation is 1. The first-order chi connectivity index (χ1) is 11.1. The van der Waals surface area contributed by atoms with Crippen molar-refractivity contribution < 1.29 is 9.53 Å². The fraction of sp³-hybridized carbons (Fsp3) is 0.167. The van der Waals surface area contributed by atoms with Crippen molar-refractivity contribution >= 4 is 16.7 Å². The van der Waals surface area contributed by atoms with E-state index in [0.29, 0.717) is 22.2 Å². The van der Waals surface area contributed by atoms with Crippen molar-refractivity contribution in [2.45, 2.75) is 13.5 Å². The summed E-state index contributed by atoms with van der Waals surface area (Å²) in [5.41, 5.74) is 1.82. The molecule has 3 aromatic rings. The number of ketones is 1. The molecule has 5 heteroatoms. The first kappa shape index (κ1) is 15.0. The molecule has 116 valence electrons. The number of nitrogens with zero attached hydrogens (tertiary/aromatic N) is 2. The molecule has 0 saturated carbocycles. The molecule has 0 N–H and O–H groups in total. The Morgan fingerprint density at radius 3 is 2.78 bits per heavy atom. The highest BCUT2D eigenvalue weighted by molar-refractivity contribution is 5.98. The van der Waals surface area contributed by atoms with E-state index in [-0.39, 0.29) is 17.9 Å². The Labute approximate surface area is 133 Å². The van der Waals surface area contributed by atoms with Crippen LogP contribution >= 0.6 is 0 Å². The van der Waals surface area contributed by atoms with E-state index < -0.39 is 0 Å². The van der Waals surface area contributed by atoms with E-state index in [1.807, 2.05) is 19.1 Å². The summed E-state index contributed by atoms with van der Waals surface area (Å²) in [5.74, 6) is 0.312. The number of ether oxygens (including phenoxy) is 1. The molecule has 5 nitrogen and oxygen atoms in total. The predicted molar refractivity (Wildman–Crippen MR) is 88.1 cm³/mol.